The first-order valence-corrected chi connectivity index (χ1v) is 10.8. The first kappa shape index (κ1) is 22.2. The van der Waals surface area contributed by atoms with E-state index in [-0.39, 0.29) is 10.6 Å². The van der Waals surface area contributed by atoms with Gasteiger partial charge >= 0.3 is 0 Å². The molecular weight excluding hydrogens is 426 g/mol. The maximum atomic E-state index is 13.9. The Hall–Kier alpha value is -3.46. The molecule has 0 spiro atoms. The fraction of sp³-hybridized carbons (Fsp3) is 0.136. The topological polar surface area (TPSA) is 75.7 Å². The summed E-state index contributed by atoms with van der Waals surface area (Å²) >= 11 is 0. The highest BCUT2D eigenvalue weighted by atomic mass is 32.2. The van der Waals surface area contributed by atoms with Gasteiger partial charge in [0.1, 0.15) is 29.6 Å². The number of para-hydroxylation sites is 1. The van der Waals surface area contributed by atoms with Gasteiger partial charge in [0, 0.05) is 0 Å². The van der Waals surface area contributed by atoms with Gasteiger partial charge in [-0.15, -0.1) is 0 Å². The number of ether oxygens (including phenoxy) is 1. The van der Waals surface area contributed by atoms with E-state index in [0.717, 1.165) is 22.5 Å². The molecule has 0 bridgehead atoms. The average Bonchev–Trinajstić information content (AvgIpc) is 2.76. The van der Waals surface area contributed by atoms with E-state index in [1.165, 1.54) is 24.3 Å². The number of anilines is 2. The molecule has 0 atom stereocenters. The number of halogens is 2. The Kier molecular flexibility index (Phi) is 6.86. The zero-order valence-electron chi connectivity index (χ0n) is 16.6. The van der Waals surface area contributed by atoms with E-state index in [9.17, 15) is 22.0 Å². The van der Waals surface area contributed by atoms with E-state index >= 15 is 0 Å². The summed E-state index contributed by atoms with van der Waals surface area (Å²) in [6, 6.07) is 16.8. The van der Waals surface area contributed by atoms with Crippen molar-refractivity contribution in [2.75, 3.05) is 22.8 Å². The number of nitrogens with zero attached hydrogens (tertiary/aromatic N) is 1. The molecule has 3 aromatic rings. The summed E-state index contributed by atoms with van der Waals surface area (Å²) < 4.78 is 60.5. The highest BCUT2D eigenvalue weighted by Crippen LogP contribution is 2.26. The Morgan fingerprint density at radius 1 is 0.935 bits per heavy atom. The van der Waals surface area contributed by atoms with Crippen LogP contribution in [0.5, 0.6) is 5.75 Å². The lowest BCUT2D eigenvalue weighted by molar-refractivity contribution is -0.114. The van der Waals surface area contributed by atoms with Crippen LogP contribution >= 0.6 is 0 Å². The summed E-state index contributed by atoms with van der Waals surface area (Å²) in [4.78, 5) is 12.5. The van der Waals surface area contributed by atoms with Gasteiger partial charge in [0.25, 0.3) is 10.0 Å². The van der Waals surface area contributed by atoms with Crippen LogP contribution < -0.4 is 14.4 Å². The van der Waals surface area contributed by atoms with E-state index < -0.39 is 39.8 Å². The molecule has 0 fully saturated rings. The van der Waals surface area contributed by atoms with E-state index in [4.69, 9.17) is 4.74 Å². The Morgan fingerprint density at radius 2 is 1.55 bits per heavy atom. The van der Waals surface area contributed by atoms with Crippen molar-refractivity contribution in [3.63, 3.8) is 0 Å². The minimum atomic E-state index is -4.14. The minimum absolute atomic E-state index is 0.0336. The van der Waals surface area contributed by atoms with Gasteiger partial charge in [0.15, 0.2) is 0 Å². The van der Waals surface area contributed by atoms with Crippen molar-refractivity contribution < 1.29 is 26.7 Å². The Labute approximate surface area is 179 Å². The molecule has 1 amide bonds. The molecule has 0 saturated heterocycles. The van der Waals surface area contributed by atoms with Crippen LogP contribution in [0, 0.1) is 11.6 Å². The van der Waals surface area contributed by atoms with Crippen LogP contribution in [0.3, 0.4) is 0 Å². The van der Waals surface area contributed by atoms with Gasteiger partial charge in [-0.25, -0.2) is 17.2 Å². The van der Waals surface area contributed by atoms with Gasteiger partial charge < -0.3 is 10.1 Å². The molecule has 0 saturated carbocycles. The molecule has 9 heteroatoms. The molecule has 31 heavy (non-hydrogen) atoms. The van der Waals surface area contributed by atoms with E-state index in [1.807, 2.05) is 6.92 Å². The maximum Gasteiger partial charge on any atom is 0.264 e. The first-order valence-electron chi connectivity index (χ1n) is 9.37. The zero-order chi connectivity index (χ0) is 22.4. The molecule has 0 aliphatic rings. The van der Waals surface area contributed by atoms with Crippen LogP contribution in [0.1, 0.15) is 6.92 Å². The lowest BCUT2D eigenvalue weighted by Crippen LogP contribution is -2.38. The van der Waals surface area contributed by atoms with Crippen LogP contribution in [0.25, 0.3) is 0 Å². The highest BCUT2D eigenvalue weighted by Gasteiger charge is 2.27. The molecule has 0 heterocycles. The Balaban J connectivity index is 1.95. The normalized spacial score (nSPS) is 11.1. The molecule has 3 rings (SSSR count). The SMILES string of the molecule is CCOc1ccc(N(CC(=O)Nc2c(F)cccc2F)S(=O)(=O)c2ccccc2)cc1. The summed E-state index contributed by atoms with van der Waals surface area (Å²) in [5, 5.41) is 2.11. The standard InChI is InChI=1S/C22H20F2N2O4S/c1-2-30-17-13-11-16(12-14-17)26(31(28,29)18-7-4-3-5-8-18)15-21(27)25-22-19(23)9-6-10-20(22)24/h3-14H,2,15H2,1H3,(H,25,27). The van der Waals surface area contributed by atoms with Gasteiger partial charge in [-0.1, -0.05) is 24.3 Å². The molecular formula is C22H20F2N2O4S. The number of hydrogen-bond donors (Lipinski definition) is 1. The molecule has 0 unspecified atom stereocenters. The third-order valence-electron chi connectivity index (χ3n) is 4.28. The number of rotatable bonds is 8. The van der Waals surface area contributed by atoms with Crippen molar-refractivity contribution in [2.24, 2.45) is 0 Å². The van der Waals surface area contributed by atoms with Gasteiger partial charge in [-0.3, -0.25) is 9.10 Å². The van der Waals surface area contributed by atoms with Crippen molar-refractivity contribution >= 4 is 27.3 Å². The largest absolute Gasteiger partial charge is 0.494 e. The van der Waals surface area contributed by atoms with E-state index in [1.54, 1.807) is 30.3 Å². The first-order chi connectivity index (χ1) is 14.8. The molecule has 3 aromatic carbocycles. The second-order valence-electron chi connectivity index (χ2n) is 6.40. The second kappa shape index (κ2) is 9.57. The summed E-state index contributed by atoms with van der Waals surface area (Å²) in [5.74, 6) is -2.31. The smallest absolute Gasteiger partial charge is 0.264 e. The van der Waals surface area contributed by atoms with Crippen LogP contribution in [0.15, 0.2) is 77.7 Å². The molecule has 0 aliphatic heterocycles. The molecule has 0 radical (unpaired) electrons. The second-order valence-corrected chi connectivity index (χ2v) is 8.26. The van der Waals surface area contributed by atoms with Crippen LogP contribution in [0.2, 0.25) is 0 Å². The molecule has 0 aliphatic carbocycles. The summed E-state index contributed by atoms with van der Waals surface area (Å²) in [5.41, 5.74) is -0.451. The third kappa shape index (κ3) is 5.18. The van der Waals surface area contributed by atoms with Crippen molar-refractivity contribution in [1.29, 1.82) is 0 Å². The molecule has 0 aromatic heterocycles. The molecule has 162 valence electrons. The summed E-state index contributed by atoms with van der Waals surface area (Å²) in [6.07, 6.45) is 0. The summed E-state index contributed by atoms with van der Waals surface area (Å²) in [6.45, 7) is 1.55. The van der Waals surface area contributed by atoms with Gasteiger partial charge in [0.2, 0.25) is 5.91 Å². The van der Waals surface area contributed by atoms with Crippen molar-refractivity contribution in [2.45, 2.75) is 11.8 Å². The lowest BCUT2D eigenvalue weighted by atomic mass is 10.3. The number of benzene rings is 3. The Bertz CT molecular complexity index is 1130. The number of hydrogen-bond acceptors (Lipinski definition) is 4. The van der Waals surface area contributed by atoms with Crippen molar-refractivity contribution in [3.8, 4) is 5.75 Å². The van der Waals surface area contributed by atoms with Gasteiger partial charge in [-0.05, 0) is 55.5 Å². The van der Waals surface area contributed by atoms with Crippen molar-refractivity contribution in [3.05, 3.63) is 84.4 Å². The molecule has 6 nitrogen and oxygen atoms in total. The van der Waals surface area contributed by atoms with Gasteiger partial charge in [-0.2, -0.15) is 0 Å². The van der Waals surface area contributed by atoms with E-state index in [0.29, 0.717) is 12.4 Å². The number of sulfonamides is 1. The monoisotopic (exact) mass is 446 g/mol. The average molecular weight is 446 g/mol. The number of carbonyl (C=O) groups is 1. The minimum Gasteiger partial charge on any atom is -0.494 e. The van der Waals surface area contributed by atoms with E-state index in [2.05, 4.69) is 5.32 Å². The van der Waals surface area contributed by atoms with Gasteiger partial charge in [0.05, 0.1) is 17.2 Å². The quantitative estimate of drug-likeness (QED) is 0.563. The number of carbonyl (C=O) groups excluding carboxylic acids is 1. The van der Waals surface area contributed by atoms with Crippen LogP contribution in [0.4, 0.5) is 20.2 Å². The maximum absolute atomic E-state index is 13.9. The summed E-state index contributed by atoms with van der Waals surface area (Å²) in [7, 11) is -4.14. The third-order valence-corrected chi connectivity index (χ3v) is 6.07. The number of amides is 1. The zero-order valence-corrected chi connectivity index (χ0v) is 17.4. The Morgan fingerprint density at radius 3 is 2.13 bits per heavy atom. The molecule has 1 N–H and O–H groups in total. The predicted molar refractivity (Wildman–Crippen MR) is 114 cm³/mol. The van der Waals surface area contributed by atoms with Crippen molar-refractivity contribution in [1.82, 2.24) is 0 Å². The fourth-order valence-corrected chi connectivity index (χ4v) is 4.28. The van der Waals surface area contributed by atoms with Crippen LogP contribution in [-0.4, -0.2) is 27.5 Å². The highest BCUT2D eigenvalue weighted by molar-refractivity contribution is 7.92. The fourth-order valence-electron chi connectivity index (χ4n) is 2.84. The lowest BCUT2D eigenvalue weighted by Gasteiger charge is -2.24. The number of nitrogens with one attached hydrogen (secondary N) is 1. The van der Waals surface area contributed by atoms with Crippen LogP contribution in [-0.2, 0) is 14.8 Å². The predicted octanol–water partition coefficient (Wildman–Crippen LogP) is 4.20.